The Balaban J connectivity index is 2.95. The molecule has 8 heteroatoms. The molecule has 1 aromatic carbocycles. The van der Waals surface area contributed by atoms with E-state index in [2.05, 4.69) is 5.32 Å². The second-order valence-corrected chi connectivity index (χ2v) is 7.79. The van der Waals surface area contributed by atoms with E-state index in [0.717, 1.165) is 0 Å². The van der Waals surface area contributed by atoms with E-state index >= 15 is 0 Å². The molecule has 1 amide bonds. The van der Waals surface area contributed by atoms with Gasteiger partial charge in [-0.1, -0.05) is 13.3 Å². The van der Waals surface area contributed by atoms with Crippen LogP contribution in [0.25, 0.3) is 0 Å². The van der Waals surface area contributed by atoms with Crippen LogP contribution in [0.2, 0.25) is 0 Å². The minimum Gasteiger partial charge on any atom is -0.480 e. The molecule has 0 aromatic heterocycles. The van der Waals surface area contributed by atoms with Crippen molar-refractivity contribution in [1.29, 1.82) is 0 Å². The summed E-state index contributed by atoms with van der Waals surface area (Å²) in [6.07, 6.45) is 0.947. The third kappa shape index (κ3) is 4.78. The Hall–Kier alpha value is -1.93. The van der Waals surface area contributed by atoms with Crippen LogP contribution in [-0.4, -0.2) is 48.8 Å². The molecule has 1 aromatic rings. The molecule has 0 heterocycles. The van der Waals surface area contributed by atoms with E-state index < -0.39 is 27.9 Å². The summed E-state index contributed by atoms with van der Waals surface area (Å²) < 4.78 is 25.9. The molecule has 0 saturated carbocycles. The molecule has 0 spiro atoms. The molecule has 134 valence electrons. The molecular formula is C16H24N2O5S. The molecule has 0 bridgehead atoms. The van der Waals surface area contributed by atoms with E-state index in [1.807, 2.05) is 6.92 Å². The molecule has 0 aliphatic rings. The first kappa shape index (κ1) is 20.1. The number of hydrogen-bond donors (Lipinski definition) is 2. The van der Waals surface area contributed by atoms with Gasteiger partial charge < -0.3 is 10.4 Å². The van der Waals surface area contributed by atoms with E-state index in [1.54, 1.807) is 13.8 Å². The van der Waals surface area contributed by atoms with Crippen LogP contribution in [0, 0.1) is 0 Å². The minimum absolute atomic E-state index is 0.0820. The predicted octanol–water partition coefficient (Wildman–Crippen LogP) is 1.70. The summed E-state index contributed by atoms with van der Waals surface area (Å²) in [5.74, 6) is -1.64. The minimum atomic E-state index is -3.62. The van der Waals surface area contributed by atoms with Crippen LogP contribution >= 0.6 is 0 Å². The van der Waals surface area contributed by atoms with Crippen molar-refractivity contribution in [3.05, 3.63) is 29.8 Å². The maximum Gasteiger partial charge on any atom is 0.326 e. The number of nitrogens with one attached hydrogen (secondary N) is 1. The Bertz CT molecular complexity index is 683. The summed E-state index contributed by atoms with van der Waals surface area (Å²) in [6.45, 7) is 5.35. The van der Waals surface area contributed by atoms with Crippen molar-refractivity contribution < 1.29 is 23.1 Å². The number of carboxylic acid groups (broad SMARTS) is 1. The van der Waals surface area contributed by atoms with Gasteiger partial charge in [0.2, 0.25) is 10.0 Å². The Morgan fingerprint density at radius 1 is 1.21 bits per heavy atom. The molecule has 24 heavy (non-hydrogen) atoms. The van der Waals surface area contributed by atoms with Crippen molar-refractivity contribution in [3.63, 3.8) is 0 Å². The van der Waals surface area contributed by atoms with Crippen LogP contribution in [0.4, 0.5) is 0 Å². The van der Waals surface area contributed by atoms with Crippen molar-refractivity contribution in [3.8, 4) is 0 Å². The molecule has 7 nitrogen and oxygen atoms in total. The van der Waals surface area contributed by atoms with Gasteiger partial charge in [0.15, 0.2) is 0 Å². The largest absolute Gasteiger partial charge is 0.480 e. The van der Waals surface area contributed by atoms with Crippen LogP contribution in [0.1, 0.15) is 44.0 Å². The van der Waals surface area contributed by atoms with Gasteiger partial charge in [-0.15, -0.1) is 0 Å². The molecule has 0 saturated heterocycles. The number of benzene rings is 1. The lowest BCUT2D eigenvalue weighted by Crippen LogP contribution is -2.40. The van der Waals surface area contributed by atoms with Gasteiger partial charge in [0.25, 0.3) is 5.91 Å². The number of carboxylic acids is 1. The highest BCUT2D eigenvalue weighted by atomic mass is 32.2. The number of carbonyl (C=O) groups is 2. The normalized spacial score (nSPS) is 13.1. The number of nitrogens with zero attached hydrogens (tertiary/aromatic N) is 1. The lowest BCUT2D eigenvalue weighted by molar-refractivity contribution is -0.139. The number of rotatable bonds is 8. The summed E-state index contributed by atoms with van der Waals surface area (Å²) in [4.78, 5) is 23.3. The topological polar surface area (TPSA) is 104 Å². The average molecular weight is 356 g/mol. The highest BCUT2D eigenvalue weighted by Gasteiger charge is 2.24. The number of sulfonamides is 1. The second kappa shape index (κ2) is 8.25. The van der Waals surface area contributed by atoms with Crippen molar-refractivity contribution in [1.82, 2.24) is 9.62 Å². The van der Waals surface area contributed by atoms with E-state index in [0.29, 0.717) is 12.8 Å². The second-order valence-electron chi connectivity index (χ2n) is 5.79. The number of amides is 1. The summed E-state index contributed by atoms with van der Waals surface area (Å²) in [7, 11) is -2.13. The van der Waals surface area contributed by atoms with Gasteiger partial charge >= 0.3 is 5.97 Å². The van der Waals surface area contributed by atoms with E-state index in [-0.39, 0.29) is 16.5 Å². The number of aliphatic carboxylic acids is 1. The van der Waals surface area contributed by atoms with E-state index in [4.69, 9.17) is 5.11 Å². The van der Waals surface area contributed by atoms with Crippen LogP contribution in [0.15, 0.2) is 29.2 Å². The fourth-order valence-electron chi connectivity index (χ4n) is 2.01. The molecule has 1 atom stereocenters. The molecule has 0 aliphatic heterocycles. The van der Waals surface area contributed by atoms with E-state index in [1.165, 1.54) is 35.6 Å². The molecule has 1 unspecified atom stereocenters. The summed E-state index contributed by atoms with van der Waals surface area (Å²) in [6, 6.07) is 4.29. The lowest BCUT2D eigenvalue weighted by Gasteiger charge is -2.21. The van der Waals surface area contributed by atoms with Gasteiger partial charge in [0.1, 0.15) is 6.04 Å². The van der Waals surface area contributed by atoms with Gasteiger partial charge in [-0.05, 0) is 44.5 Å². The van der Waals surface area contributed by atoms with E-state index in [9.17, 15) is 18.0 Å². The Labute approximate surface area is 142 Å². The van der Waals surface area contributed by atoms with Gasteiger partial charge in [-0.3, -0.25) is 4.79 Å². The van der Waals surface area contributed by atoms with Crippen LogP contribution in [-0.2, 0) is 14.8 Å². The molecular weight excluding hydrogens is 332 g/mol. The predicted molar refractivity (Wildman–Crippen MR) is 90.3 cm³/mol. The number of carbonyl (C=O) groups excluding carboxylic acids is 1. The Morgan fingerprint density at radius 3 is 2.17 bits per heavy atom. The van der Waals surface area contributed by atoms with Crippen molar-refractivity contribution in [2.75, 3.05) is 7.05 Å². The fraction of sp³-hybridized carbons (Fsp3) is 0.500. The number of hydrogen-bond acceptors (Lipinski definition) is 4. The zero-order valence-electron chi connectivity index (χ0n) is 14.3. The molecule has 1 rings (SSSR count). The Morgan fingerprint density at radius 2 is 1.75 bits per heavy atom. The smallest absolute Gasteiger partial charge is 0.326 e. The third-order valence-corrected chi connectivity index (χ3v) is 5.75. The van der Waals surface area contributed by atoms with Gasteiger partial charge in [0, 0.05) is 18.7 Å². The van der Waals surface area contributed by atoms with Gasteiger partial charge in [0.05, 0.1) is 4.90 Å². The maximum atomic E-state index is 12.4. The van der Waals surface area contributed by atoms with Crippen molar-refractivity contribution in [2.45, 2.75) is 50.6 Å². The monoisotopic (exact) mass is 356 g/mol. The first-order chi connectivity index (χ1) is 11.1. The standard InChI is InChI=1S/C16H24N2O5S/c1-5-6-14(16(20)21)17-15(19)12-7-9-13(10-8-12)24(22,23)18(4)11(2)3/h7-11,14H,5-6H2,1-4H3,(H,17,19)(H,20,21). The first-order valence-electron chi connectivity index (χ1n) is 7.73. The summed E-state index contributed by atoms with van der Waals surface area (Å²) in [5, 5.41) is 11.5. The zero-order valence-corrected chi connectivity index (χ0v) is 15.1. The lowest BCUT2D eigenvalue weighted by atomic mass is 10.1. The van der Waals surface area contributed by atoms with Crippen molar-refractivity contribution >= 4 is 21.9 Å². The molecule has 0 radical (unpaired) electrons. The van der Waals surface area contributed by atoms with Crippen molar-refractivity contribution in [2.24, 2.45) is 0 Å². The SMILES string of the molecule is CCCC(NC(=O)c1ccc(S(=O)(=O)N(C)C(C)C)cc1)C(=O)O. The first-order valence-corrected chi connectivity index (χ1v) is 9.17. The van der Waals surface area contributed by atoms with Crippen LogP contribution in [0.5, 0.6) is 0 Å². The van der Waals surface area contributed by atoms with Gasteiger partial charge in [-0.2, -0.15) is 4.31 Å². The fourth-order valence-corrected chi connectivity index (χ4v) is 3.38. The average Bonchev–Trinajstić information content (AvgIpc) is 2.53. The highest BCUT2D eigenvalue weighted by molar-refractivity contribution is 7.89. The quantitative estimate of drug-likeness (QED) is 0.738. The molecule has 0 fully saturated rings. The van der Waals surface area contributed by atoms with Crippen LogP contribution in [0.3, 0.4) is 0 Å². The molecule has 0 aliphatic carbocycles. The Kier molecular flexibility index (Phi) is 6.92. The van der Waals surface area contributed by atoms with Gasteiger partial charge in [-0.25, -0.2) is 13.2 Å². The summed E-state index contributed by atoms with van der Waals surface area (Å²) in [5.41, 5.74) is 0.212. The maximum absolute atomic E-state index is 12.4. The van der Waals surface area contributed by atoms with Crippen LogP contribution < -0.4 is 5.32 Å². The summed E-state index contributed by atoms with van der Waals surface area (Å²) >= 11 is 0. The highest BCUT2D eigenvalue weighted by Crippen LogP contribution is 2.17. The molecule has 2 N–H and O–H groups in total. The third-order valence-electron chi connectivity index (χ3n) is 3.70. The zero-order chi connectivity index (χ0) is 18.5.